The van der Waals surface area contributed by atoms with Crippen molar-refractivity contribution in [1.29, 1.82) is 0 Å². The number of ketones is 1. The molecule has 2 aromatic rings. The van der Waals surface area contributed by atoms with Crippen molar-refractivity contribution in [1.82, 2.24) is 0 Å². The Kier molecular flexibility index (Phi) is 4.53. The Hall–Kier alpha value is -3.48. The van der Waals surface area contributed by atoms with Gasteiger partial charge in [-0.25, -0.2) is 4.90 Å². The number of para-hydroxylation sites is 1. The third kappa shape index (κ3) is 2.95. The number of amides is 3. The van der Waals surface area contributed by atoms with Crippen molar-refractivity contribution in [2.45, 2.75) is 13.3 Å². The Morgan fingerprint density at radius 1 is 1.04 bits per heavy atom. The van der Waals surface area contributed by atoms with Crippen molar-refractivity contribution in [2.75, 3.05) is 17.3 Å². The quantitative estimate of drug-likeness (QED) is 0.659. The van der Waals surface area contributed by atoms with E-state index in [0.29, 0.717) is 5.69 Å². The molecule has 132 valence electrons. The van der Waals surface area contributed by atoms with E-state index in [4.69, 9.17) is 4.74 Å². The second-order valence-corrected chi connectivity index (χ2v) is 5.78. The predicted molar refractivity (Wildman–Crippen MR) is 94.5 cm³/mol. The van der Waals surface area contributed by atoms with Gasteiger partial charge in [0, 0.05) is 0 Å². The van der Waals surface area contributed by atoms with Crippen LogP contribution in [0.4, 0.5) is 11.4 Å². The summed E-state index contributed by atoms with van der Waals surface area (Å²) in [5.41, 5.74) is 0.957. The van der Waals surface area contributed by atoms with Gasteiger partial charge in [-0.3, -0.25) is 19.2 Å². The van der Waals surface area contributed by atoms with Gasteiger partial charge in [0.15, 0.2) is 5.75 Å². The van der Waals surface area contributed by atoms with Crippen LogP contribution in [0.25, 0.3) is 0 Å². The topological polar surface area (TPSA) is 92.8 Å². The summed E-state index contributed by atoms with van der Waals surface area (Å²) in [7, 11) is 1.35. The minimum atomic E-state index is -0.532. The SMILES string of the molecule is COc1c(NC(=O)CC(C)=O)ccc2c1C(=O)N(c1ccccc1)C2=O. The van der Waals surface area contributed by atoms with E-state index >= 15 is 0 Å². The van der Waals surface area contributed by atoms with Crippen LogP contribution in [0.2, 0.25) is 0 Å². The molecule has 1 N–H and O–H groups in total. The van der Waals surface area contributed by atoms with Gasteiger partial charge in [0.25, 0.3) is 11.8 Å². The number of anilines is 2. The van der Waals surface area contributed by atoms with Crippen LogP contribution in [0.5, 0.6) is 5.75 Å². The number of fused-ring (bicyclic) bond motifs is 1. The first-order valence-corrected chi connectivity index (χ1v) is 7.88. The monoisotopic (exact) mass is 352 g/mol. The number of nitrogens with zero attached hydrogens (tertiary/aromatic N) is 1. The van der Waals surface area contributed by atoms with E-state index in [0.717, 1.165) is 4.90 Å². The number of carbonyl (C=O) groups excluding carboxylic acids is 4. The average Bonchev–Trinajstić information content (AvgIpc) is 2.86. The van der Waals surface area contributed by atoms with Crippen molar-refractivity contribution in [3.8, 4) is 5.75 Å². The number of nitrogens with one attached hydrogen (secondary N) is 1. The molecule has 26 heavy (non-hydrogen) atoms. The van der Waals surface area contributed by atoms with Crippen LogP contribution < -0.4 is 15.0 Å². The lowest BCUT2D eigenvalue weighted by Gasteiger charge is -2.14. The molecule has 7 heteroatoms. The molecule has 0 saturated carbocycles. The smallest absolute Gasteiger partial charge is 0.270 e. The van der Waals surface area contributed by atoms with Crippen LogP contribution in [0.3, 0.4) is 0 Å². The van der Waals surface area contributed by atoms with Crippen LogP contribution in [-0.4, -0.2) is 30.6 Å². The van der Waals surface area contributed by atoms with Gasteiger partial charge in [-0.1, -0.05) is 18.2 Å². The molecular formula is C19H16N2O5. The number of rotatable bonds is 5. The first-order chi connectivity index (χ1) is 12.4. The maximum absolute atomic E-state index is 12.9. The Morgan fingerprint density at radius 3 is 2.35 bits per heavy atom. The molecule has 0 fully saturated rings. The number of imide groups is 1. The summed E-state index contributed by atoms with van der Waals surface area (Å²) in [6.45, 7) is 1.30. The number of benzene rings is 2. The molecule has 0 bridgehead atoms. The summed E-state index contributed by atoms with van der Waals surface area (Å²) in [5, 5.41) is 2.55. The van der Waals surface area contributed by atoms with Gasteiger partial charge in [0.05, 0.1) is 36.0 Å². The molecule has 7 nitrogen and oxygen atoms in total. The van der Waals surface area contributed by atoms with E-state index < -0.39 is 17.7 Å². The molecule has 1 aliphatic rings. The molecule has 0 spiro atoms. The fourth-order valence-corrected chi connectivity index (χ4v) is 2.84. The van der Waals surface area contributed by atoms with Crippen LogP contribution in [0.15, 0.2) is 42.5 Å². The summed E-state index contributed by atoms with van der Waals surface area (Å²) < 4.78 is 5.30. The van der Waals surface area contributed by atoms with E-state index in [1.165, 1.54) is 26.2 Å². The van der Waals surface area contributed by atoms with Crippen molar-refractivity contribution in [2.24, 2.45) is 0 Å². The molecule has 3 amide bonds. The molecule has 0 aliphatic carbocycles. The Labute approximate surface area is 149 Å². The fourth-order valence-electron chi connectivity index (χ4n) is 2.84. The van der Waals surface area contributed by atoms with E-state index in [1.807, 2.05) is 0 Å². The van der Waals surface area contributed by atoms with Gasteiger partial charge in [0.2, 0.25) is 5.91 Å². The first kappa shape index (κ1) is 17.3. The Balaban J connectivity index is 2.02. The zero-order valence-electron chi connectivity index (χ0n) is 14.2. The third-order valence-electron chi connectivity index (χ3n) is 3.91. The zero-order chi connectivity index (χ0) is 18.8. The molecule has 0 atom stereocenters. The molecule has 0 saturated heterocycles. The van der Waals surface area contributed by atoms with Gasteiger partial charge in [-0.05, 0) is 31.2 Å². The van der Waals surface area contributed by atoms with Gasteiger partial charge >= 0.3 is 0 Å². The maximum atomic E-state index is 12.9. The van der Waals surface area contributed by atoms with Crippen molar-refractivity contribution < 1.29 is 23.9 Å². The highest BCUT2D eigenvalue weighted by molar-refractivity contribution is 6.35. The molecule has 3 rings (SSSR count). The van der Waals surface area contributed by atoms with Crippen LogP contribution in [0.1, 0.15) is 34.1 Å². The molecule has 0 unspecified atom stereocenters. The minimum Gasteiger partial charge on any atom is -0.494 e. The summed E-state index contributed by atoms with van der Waals surface area (Å²) in [6, 6.07) is 11.5. The largest absolute Gasteiger partial charge is 0.494 e. The number of hydrogen-bond donors (Lipinski definition) is 1. The van der Waals surface area contributed by atoms with Crippen molar-refractivity contribution >= 4 is 34.9 Å². The van der Waals surface area contributed by atoms with Gasteiger partial charge in [-0.15, -0.1) is 0 Å². The average molecular weight is 352 g/mol. The summed E-state index contributed by atoms with van der Waals surface area (Å²) in [5.74, 6) is -1.71. The number of ether oxygens (including phenoxy) is 1. The van der Waals surface area contributed by atoms with Crippen LogP contribution in [-0.2, 0) is 9.59 Å². The summed E-state index contributed by atoms with van der Waals surface area (Å²) >= 11 is 0. The van der Waals surface area contributed by atoms with Crippen molar-refractivity contribution in [3.63, 3.8) is 0 Å². The summed E-state index contributed by atoms with van der Waals surface area (Å²) in [6.07, 6.45) is -0.288. The maximum Gasteiger partial charge on any atom is 0.270 e. The second kappa shape index (κ2) is 6.79. The van der Waals surface area contributed by atoms with E-state index in [9.17, 15) is 19.2 Å². The molecule has 1 aliphatic heterocycles. The predicted octanol–water partition coefficient (Wildman–Crippen LogP) is 2.41. The first-order valence-electron chi connectivity index (χ1n) is 7.88. The lowest BCUT2D eigenvalue weighted by atomic mass is 10.1. The van der Waals surface area contributed by atoms with Gasteiger partial charge < -0.3 is 10.1 Å². The minimum absolute atomic E-state index is 0.0852. The van der Waals surface area contributed by atoms with Gasteiger partial charge in [0.1, 0.15) is 5.78 Å². The van der Waals surface area contributed by atoms with E-state index in [2.05, 4.69) is 5.32 Å². The molecule has 0 aromatic heterocycles. The zero-order valence-corrected chi connectivity index (χ0v) is 14.2. The molecular weight excluding hydrogens is 336 g/mol. The molecule has 1 heterocycles. The highest BCUT2D eigenvalue weighted by Crippen LogP contribution is 2.38. The van der Waals surface area contributed by atoms with Crippen LogP contribution >= 0.6 is 0 Å². The fraction of sp³-hybridized carbons (Fsp3) is 0.158. The Bertz CT molecular complexity index is 921. The Morgan fingerprint density at radius 2 is 1.73 bits per heavy atom. The third-order valence-corrected chi connectivity index (χ3v) is 3.91. The second-order valence-electron chi connectivity index (χ2n) is 5.78. The molecule has 0 radical (unpaired) electrons. The van der Waals surface area contributed by atoms with Crippen LogP contribution in [0, 0.1) is 0 Å². The number of carbonyl (C=O) groups is 4. The van der Waals surface area contributed by atoms with E-state index in [-0.39, 0.29) is 34.8 Å². The van der Waals surface area contributed by atoms with Gasteiger partial charge in [-0.2, -0.15) is 0 Å². The molecule has 2 aromatic carbocycles. The standard InChI is InChI=1S/C19H16N2O5/c1-11(22)10-15(23)20-14-9-8-13-16(17(14)26-2)19(25)21(18(13)24)12-6-4-3-5-7-12/h3-9H,10H2,1-2H3,(H,20,23). The highest BCUT2D eigenvalue weighted by Gasteiger charge is 2.40. The van der Waals surface area contributed by atoms with E-state index in [1.54, 1.807) is 30.3 Å². The number of methoxy groups -OCH3 is 1. The lowest BCUT2D eigenvalue weighted by Crippen LogP contribution is -2.29. The number of hydrogen-bond acceptors (Lipinski definition) is 5. The normalized spacial score (nSPS) is 12.8. The van der Waals surface area contributed by atoms with Crippen molar-refractivity contribution in [3.05, 3.63) is 53.6 Å². The highest BCUT2D eigenvalue weighted by atomic mass is 16.5. The lowest BCUT2D eigenvalue weighted by molar-refractivity contribution is -0.124. The summed E-state index contributed by atoms with van der Waals surface area (Å²) in [4.78, 5) is 49.6. The number of Topliss-reactive ketones (excluding diaryl/α,β-unsaturated/α-hetero) is 1.